The molecule has 0 bridgehead atoms. The lowest BCUT2D eigenvalue weighted by molar-refractivity contribution is -0.143. The Kier molecular flexibility index (Phi) is 3.42. The number of para-hydroxylation sites is 1. The zero-order valence-electron chi connectivity index (χ0n) is 9.76. The van der Waals surface area contributed by atoms with Crippen molar-refractivity contribution in [3.63, 3.8) is 0 Å². The van der Waals surface area contributed by atoms with Crippen LogP contribution in [0.25, 0.3) is 0 Å². The highest BCUT2D eigenvalue weighted by atomic mass is 16.5. The summed E-state index contributed by atoms with van der Waals surface area (Å²) in [6, 6.07) is 9.51. The zero-order valence-corrected chi connectivity index (χ0v) is 9.76. The molecule has 2 rings (SSSR count). The number of hydrogen-bond acceptors (Lipinski definition) is 3. The van der Waals surface area contributed by atoms with Gasteiger partial charge in [0, 0.05) is 12.2 Å². The largest absolute Gasteiger partial charge is 0.469 e. The second-order valence-electron chi connectivity index (χ2n) is 4.09. The first kappa shape index (κ1) is 11.6. The Labute approximate surface area is 100 Å². The third-order valence-electron chi connectivity index (χ3n) is 3.03. The number of hydrogen-bond donors (Lipinski definition) is 0. The third kappa shape index (κ3) is 2.46. The summed E-state index contributed by atoms with van der Waals surface area (Å²) in [4.78, 5) is 25.0. The number of ether oxygens (including phenoxy) is 1. The maximum Gasteiger partial charge on any atom is 0.306 e. The van der Waals surface area contributed by atoms with E-state index in [2.05, 4.69) is 4.74 Å². The second kappa shape index (κ2) is 4.99. The van der Waals surface area contributed by atoms with Gasteiger partial charge in [-0.2, -0.15) is 0 Å². The Morgan fingerprint density at radius 3 is 2.76 bits per heavy atom. The average molecular weight is 233 g/mol. The molecular formula is C13H15NO3. The molecule has 17 heavy (non-hydrogen) atoms. The topological polar surface area (TPSA) is 46.6 Å². The molecule has 4 heteroatoms. The first-order valence-corrected chi connectivity index (χ1v) is 5.65. The number of amides is 1. The van der Waals surface area contributed by atoms with E-state index < -0.39 is 0 Å². The van der Waals surface area contributed by atoms with Crippen LogP contribution in [-0.4, -0.2) is 25.5 Å². The van der Waals surface area contributed by atoms with E-state index in [-0.39, 0.29) is 24.2 Å². The van der Waals surface area contributed by atoms with Gasteiger partial charge in [0.25, 0.3) is 0 Å². The second-order valence-corrected chi connectivity index (χ2v) is 4.09. The first-order chi connectivity index (χ1) is 8.22. The maximum atomic E-state index is 12.1. The summed E-state index contributed by atoms with van der Waals surface area (Å²) in [5.41, 5.74) is 0.893. The van der Waals surface area contributed by atoms with Gasteiger partial charge in [0.2, 0.25) is 5.91 Å². The number of carbonyl (C=O) groups excluding carboxylic acids is 2. The molecule has 1 aromatic carbocycles. The molecule has 1 atom stereocenters. The quantitative estimate of drug-likeness (QED) is 0.745. The zero-order chi connectivity index (χ0) is 12.3. The van der Waals surface area contributed by atoms with Crippen LogP contribution in [0, 0.1) is 5.92 Å². The van der Waals surface area contributed by atoms with Crippen LogP contribution in [0.1, 0.15) is 12.8 Å². The van der Waals surface area contributed by atoms with Gasteiger partial charge >= 0.3 is 5.97 Å². The molecule has 1 aliphatic rings. The minimum Gasteiger partial charge on any atom is -0.469 e. The van der Waals surface area contributed by atoms with Gasteiger partial charge in [-0.25, -0.2) is 0 Å². The maximum absolute atomic E-state index is 12.1. The van der Waals surface area contributed by atoms with Crippen LogP contribution >= 0.6 is 0 Å². The lowest BCUT2D eigenvalue weighted by Gasteiger charge is -2.16. The Bertz CT molecular complexity index is 416. The predicted molar refractivity (Wildman–Crippen MR) is 63.5 cm³/mol. The van der Waals surface area contributed by atoms with E-state index in [0.717, 1.165) is 5.69 Å². The van der Waals surface area contributed by atoms with Crippen LogP contribution in [-0.2, 0) is 14.3 Å². The van der Waals surface area contributed by atoms with Gasteiger partial charge < -0.3 is 9.64 Å². The monoisotopic (exact) mass is 233 g/mol. The van der Waals surface area contributed by atoms with Gasteiger partial charge in [-0.15, -0.1) is 0 Å². The fourth-order valence-electron chi connectivity index (χ4n) is 2.08. The van der Waals surface area contributed by atoms with Crippen molar-refractivity contribution in [2.24, 2.45) is 5.92 Å². The lowest BCUT2D eigenvalue weighted by atomic mass is 10.0. The minimum atomic E-state index is -0.321. The normalized spacial score (nSPS) is 19.5. The Morgan fingerprint density at radius 2 is 2.12 bits per heavy atom. The Balaban J connectivity index is 2.05. The summed E-state index contributed by atoms with van der Waals surface area (Å²) in [6.07, 6.45) is 0.890. The standard InChI is InChI=1S/C13H15NO3/c1-17-12(15)9-10-7-8-14(13(10)16)11-5-3-2-4-6-11/h2-6,10H,7-9H2,1H3. The van der Waals surface area contributed by atoms with E-state index in [1.807, 2.05) is 30.3 Å². The Morgan fingerprint density at radius 1 is 1.41 bits per heavy atom. The van der Waals surface area contributed by atoms with Gasteiger partial charge in [0.05, 0.1) is 19.4 Å². The van der Waals surface area contributed by atoms with Crippen molar-refractivity contribution in [3.8, 4) is 0 Å². The smallest absolute Gasteiger partial charge is 0.306 e. The van der Waals surface area contributed by atoms with E-state index >= 15 is 0 Å². The number of rotatable bonds is 3. The van der Waals surface area contributed by atoms with Gasteiger partial charge in [0.1, 0.15) is 0 Å². The van der Waals surface area contributed by atoms with E-state index in [1.54, 1.807) is 4.90 Å². The molecule has 0 saturated carbocycles. The highest BCUT2D eigenvalue weighted by molar-refractivity contribution is 5.98. The van der Waals surface area contributed by atoms with Crippen molar-refractivity contribution in [1.29, 1.82) is 0 Å². The summed E-state index contributed by atoms with van der Waals surface area (Å²) in [6.45, 7) is 0.671. The molecule has 1 aromatic rings. The Hall–Kier alpha value is -1.84. The van der Waals surface area contributed by atoms with Crippen LogP contribution in [0.4, 0.5) is 5.69 Å². The summed E-state index contributed by atoms with van der Waals surface area (Å²) in [7, 11) is 1.34. The number of benzene rings is 1. The minimum absolute atomic E-state index is 0.0154. The van der Waals surface area contributed by atoms with Gasteiger partial charge in [0.15, 0.2) is 0 Å². The molecule has 0 aromatic heterocycles. The highest BCUT2D eigenvalue weighted by Gasteiger charge is 2.33. The van der Waals surface area contributed by atoms with Crippen LogP contribution in [0.2, 0.25) is 0 Å². The van der Waals surface area contributed by atoms with Crippen molar-refractivity contribution in [2.45, 2.75) is 12.8 Å². The van der Waals surface area contributed by atoms with E-state index in [4.69, 9.17) is 0 Å². The van der Waals surface area contributed by atoms with Gasteiger partial charge in [-0.3, -0.25) is 9.59 Å². The predicted octanol–water partition coefficient (Wildman–Crippen LogP) is 1.60. The molecule has 1 heterocycles. The number of nitrogens with zero attached hydrogens (tertiary/aromatic N) is 1. The molecule has 0 aliphatic carbocycles. The van der Waals surface area contributed by atoms with Crippen LogP contribution in [0.15, 0.2) is 30.3 Å². The van der Waals surface area contributed by atoms with Crippen molar-refractivity contribution in [1.82, 2.24) is 0 Å². The molecule has 1 unspecified atom stereocenters. The molecule has 1 aliphatic heterocycles. The van der Waals surface area contributed by atoms with Gasteiger partial charge in [-0.05, 0) is 18.6 Å². The van der Waals surface area contributed by atoms with Crippen LogP contribution in [0.5, 0.6) is 0 Å². The molecule has 0 spiro atoms. The van der Waals surface area contributed by atoms with Crippen molar-refractivity contribution >= 4 is 17.6 Å². The molecule has 1 saturated heterocycles. The van der Waals surface area contributed by atoms with E-state index in [0.29, 0.717) is 13.0 Å². The molecular weight excluding hydrogens is 218 g/mol. The molecule has 1 fully saturated rings. The molecule has 1 amide bonds. The van der Waals surface area contributed by atoms with Crippen LogP contribution < -0.4 is 4.90 Å². The molecule has 4 nitrogen and oxygen atoms in total. The first-order valence-electron chi connectivity index (χ1n) is 5.65. The van der Waals surface area contributed by atoms with E-state index in [9.17, 15) is 9.59 Å². The summed E-state index contributed by atoms with van der Waals surface area (Å²) in [5, 5.41) is 0. The lowest BCUT2D eigenvalue weighted by Crippen LogP contribution is -2.27. The van der Waals surface area contributed by atoms with Gasteiger partial charge in [-0.1, -0.05) is 18.2 Å². The number of anilines is 1. The number of esters is 1. The summed E-state index contributed by atoms with van der Waals surface area (Å²) in [5.74, 6) is -0.539. The summed E-state index contributed by atoms with van der Waals surface area (Å²) < 4.78 is 4.59. The SMILES string of the molecule is COC(=O)CC1CCN(c2ccccc2)C1=O. The van der Waals surface area contributed by atoms with Crippen molar-refractivity contribution in [2.75, 3.05) is 18.6 Å². The van der Waals surface area contributed by atoms with E-state index in [1.165, 1.54) is 7.11 Å². The molecule has 0 N–H and O–H groups in total. The molecule has 0 radical (unpaired) electrons. The average Bonchev–Trinajstić information content (AvgIpc) is 2.72. The van der Waals surface area contributed by atoms with Crippen LogP contribution in [0.3, 0.4) is 0 Å². The fraction of sp³-hybridized carbons (Fsp3) is 0.385. The highest BCUT2D eigenvalue weighted by Crippen LogP contribution is 2.26. The van der Waals surface area contributed by atoms with Crippen molar-refractivity contribution < 1.29 is 14.3 Å². The molecule has 90 valence electrons. The number of methoxy groups -OCH3 is 1. The number of carbonyl (C=O) groups is 2. The van der Waals surface area contributed by atoms with Crippen molar-refractivity contribution in [3.05, 3.63) is 30.3 Å². The third-order valence-corrected chi connectivity index (χ3v) is 3.03. The fourth-order valence-corrected chi connectivity index (χ4v) is 2.08. The summed E-state index contributed by atoms with van der Waals surface area (Å²) >= 11 is 0.